The van der Waals surface area contributed by atoms with Crippen LogP contribution in [-0.4, -0.2) is 4.98 Å². The van der Waals surface area contributed by atoms with Gasteiger partial charge in [-0.05, 0) is 24.5 Å². The van der Waals surface area contributed by atoms with Gasteiger partial charge in [-0.25, -0.2) is 0 Å². The van der Waals surface area contributed by atoms with E-state index in [1.807, 2.05) is 0 Å². The number of aromatic amines is 1. The van der Waals surface area contributed by atoms with Gasteiger partial charge in [-0.15, -0.1) is 0 Å². The lowest BCUT2D eigenvalue weighted by molar-refractivity contribution is 0.761. The fourth-order valence-corrected chi connectivity index (χ4v) is 1.94. The molecule has 0 aliphatic carbocycles. The van der Waals surface area contributed by atoms with Crippen molar-refractivity contribution in [3.63, 3.8) is 0 Å². The minimum atomic E-state index is 0.0856. The van der Waals surface area contributed by atoms with Crippen molar-refractivity contribution in [1.82, 2.24) is 10.3 Å². The molecule has 1 aliphatic rings. The van der Waals surface area contributed by atoms with E-state index in [0.29, 0.717) is 0 Å². The fourth-order valence-electron chi connectivity index (χ4n) is 1.94. The molecule has 2 heterocycles. The second-order valence-corrected chi connectivity index (χ2v) is 3.47. The molecule has 0 aromatic carbocycles. The molecule has 2 N–H and O–H groups in total. The average molecular weight is 178 g/mol. The Kier molecular flexibility index (Phi) is 1.96. The molecule has 1 aliphatic heterocycles. The van der Waals surface area contributed by atoms with Gasteiger partial charge in [-0.2, -0.15) is 0 Å². The standard InChI is InChI=1S/C10H14N2O/c1-3-9-6(2)7-4-11-5-8(7)10(13)12-9/h11H,3-5H2,1-2H3,(H,12,13). The molecule has 0 spiro atoms. The van der Waals surface area contributed by atoms with Gasteiger partial charge < -0.3 is 10.3 Å². The summed E-state index contributed by atoms with van der Waals surface area (Å²) in [7, 11) is 0. The predicted molar refractivity (Wildman–Crippen MR) is 51.7 cm³/mol. The third-order valence-corrected chi connectivity index (χ3v) is 2.77. The van der Waals surface area contributed by atoms with E-state index < -0.39 is 0 Å². The van der Waals surface area contributed by atoms with E-state index in [2.05, 4.69) is 24.1 Å². The smallest absolute Gasteiger partial charge is 0.252 e. The van der Waals surface area contributed by atoms with Crippen LogP contribution in [-0.2, 0) is 19.5 Å². The molecule has 3 heteroatoms. The largest absolute Gasteiger partial charge is 0.326 e. The highest BCUT2D eigenvalue weighted by molar-refractivity contribution is 5.37. The summed E-state index contributed by atoms with van der Waals surface area (Å²) in [5.74, 6) is 0. The van der Waals surface area contributed by atoms with Crippen LogP contribution in [0.25, 0.3) is 0 Å². The van der Waals surface area contributed by atoms with Gasteiger partial charge in [0.1, 0.15) is 0 Å². The molecule has 3 nitrogen and oxygen atoms in total. The summed E-state index contributed by atoms with van der Waals surface area (Å²) in [6, 6.07) is 0. The van der Waals surface area contributed by atoms with Gasteiger partial charge in [-0.1, -0.05) is 6.92 Å². The Morgan fingerprint density at radius 3 is 2.69 bits per heavy atom. The number of nitrogens with one attached hydrogen (secondary N) is 2. The lowest BCUT2D eigenvalue weighted by Crippen LogP contribution is -2.16. The molecule has 0 saturated heterocycles. The van der Waals surface area contributed by atoms with E-state index in [9.17, 15) is 4.79 Å². The highest BCUT2D eigenvalue weighted by Crippen LogP contribution is 2.17. The minimum absolute atomic E-state index is 0.0856. The topological polar surface area (TPSA) is 44.9 Å². The summed E-state index contributed by atoms with van der Waals surface area (Å²) in [6.45, 7) is 5.71. The van der Waals surface area contributed by atoms with Gasteiger partial charge in [-0.3, -0.25) is 4.79 Å². The summed E-state index contributed by atoms with van der Waals surface area (Å²) in [4.78, 5) is 14.5. The third-order valence-electron chi connectivity index (χ3n) is 2.77. The highest BCUT2D eigenvalue weighted by Gasteiger charge is 2.17. The second kappa shape index (κ2) is 3.00. The average Bonchev–Trinajstić information content (AvgIpc) is 2.60. The molecule has 2 rings (SSSR count). The SMILES string of the molecule is CCc1[nH]c(=O)c2c(c1C)CNC2. The van der Waals surface area contributed by atoms with Crippen LogP contribution in [0.1, 0.15) is 29.3 Å². The van der Waals surface area contributed by atoms with Crippen molar-refractivity contribution in [2.75, 3.05) is 0 Å². The summed E-state index contributed by atoms with van der Waals surface area (Å²) in [5.41, 5.74) is 4.55. The summed E-state index contributed by atoms with van der Waals surface area (Å²) >= 11 is 0. The molecule has 0 atom stereocenters. The quantitative estimate of drug-likeness (QED) is 0.669. The second-order valence-electron chi connectivity index (χ2n) is 3.47. The van der Waals surface area contributed by atoms with Crippen LogP contribution in [0.4, 0.5) is 0 Å². The molecule has 0 saturated carbocycles. The molecule has 70 valence electrons. The fraction of sp³-hybridized carbons (Fsp3) is 0.500. The van der Waals surface area contributed by atoms with Crippen molar-refractivity contribution in [3.8, 4) is 0 Å². The van der Waals surface area contributed by atoms with E-state index in [1.54, 1.807) is 0 Å². The van der Waals surface area contributed by atoms with Crippen molar-refractivity contribution in [2.45, 2.75) is 33.4 Å². The first-order valence-electron chi connectivity index (χ1n) is 4.68. The molecule has 1 aromatic heterocycles. The lowest BCUT2D eigenvalue weighted by Gasteiger charge is -2.07. The predicted octanol–water partition coefficient (Wildman–Crippen LogP) is 0.849. The molecule has 1 aromatic rings. The van der Waals surface area contributed by atoms with Crippen LogP contribution >= 0.6 is 0 Å². The number of fused-ring (bicyclic) bond motifs is 1. The number of rotatable bonds is 1. The van der Waals surface area contributed by atoms with Gasteiger partial charge >= 0.3 is 0 Å². The Balaban J connectivity index is 2.70. The zero-order valence-electron chi connectivity index (χ0n) is 8.03. The number of pyridine rings is 1. The van der Waals surface area contributed by atoms with Crippen LogP contribution < -0.4 is 10.9 Å². The van der Waals surface area contributed by atoms with Gasteiger partial charge in [0.15, 0.2) is 0 Å². The van der Waals surface area contributed by atoms with Crippen LogP contribution in [0.2, 0.25) is 0 Å². The van der Waals surface area contributed by atoms with E-state index >= 15 is 0 Å². The number of H-pyrrole nitrogens is 1. The first kappa shape index (κ1) is 8.51. The Hall–Kier alpha value is -1.09. The maximum atomic E-state index is 11.5. The molecular weight excluding hydrogens is 164 g/mol. The van der Waals surface area contributed by atoms with Gasteiger partial charge in [0.05, 0.1) is 0 Å². The highest BCUT2D eigenvalue weighted by atomic mass is 16.1. The van der Waals surface area contributed by atoms with Crippen LogP contribution in [0.3, 0.4) is 0 Å². The van der Waals surface area contributed by atoms with E-state index in [0.717, 1.165) is 30.8 Å². The Morgan fingerprint density at radius 2 is 2.00 bits per heavy atom. The van der Waals surface area contributed by atoms with Crippen molar-refractivity contribution in [1.29, 1.82) is 0 Å². The van der Waals surface area contributed by atoms with E-state index in [1.165, 1.54) is 11.1 Å². The maximum Gasteiger partial charge on any atom is 0.252 e. The Labute approximate surface area is 77.2 Å². The first-order valence-corrected chi connectivity index (χ1v) is 4.68. The van der Waals surface area contributed by atoms with E-state index in [4.69, 9.17) is 0 Å². The molecular formula is C10H14N2O. The van der Waals surface area contributed by atoms with Gasteiger partial charge in [0, 0.05) is 24.3 Å². The number of hydrogen-bond acceptors (Lipinski definition) is 2. The zero-order chi connectivity index (χ0) is 9.42. The zero-order valence-corrected chi connectivity index (χ0v) is 8.03. The molecule has 0 fully saturated rings. The van der Waals surface area contributed by atoms with Crippen LogP contribution in [0.15, 0.2) is 4.79 Å². The lowest BCUT2D eigenvalue weighted by atomic mass is 10.0. The van der Waals surface area contributed by atoms with Gasteiger partial charge in [0.2, 0.25) is 0 Å². The minimum Gasteiger partial charge on any atom is -0.326 e. The maximum absolute atomic E-state index is 11.5. The molecule has 13 heavy (non-hydrogen) atoms. The van der Waals surface area contributed by atoms with Crippen molar-refractivity contribution >= 4 is 0 Å². The Morgan fingerprint density at radius 1 is 1.31 bits per heavy atom. The summed E-state index contributed by atoms with van der Waals surface area (Å²) in [6.07, 6.45) is 0.897. The Bertz CT molecular complexity index is 393. The van der Waals surface area contributed by atoms with Crippen LogP contribution in [0, 0.1) is 6.92 Å². The van der Waals surface area contributed by atoms with Crippen molar-refractivity contribution < 1.29 is 0 Å². The van der Waals surface area contributed by atoms with E-state index in [-0.39, 0.29) is 5.56 Å². The number of aryl methyl sites for hydroxylation is 1. The van der Waals surface area contributed by atoms with Gasteiger partial charge in [0.25, 0.3) is 5.56 Å². The van der Waals surface area contributed by atoms with Crippen LogP contribution in [0.5, 0.6) is 0 Å². The number of hydrogen-bond donors (Lipinski definition) is 2. The normalized spacial score (nSPS) is 14.6. The summed E-state index contributed by atoms with van der Waals surface area (Å²) < 4.78 is 0. The van der Waals surface area contributed by atoms with Crippen molar-refractivity contribution in [2.24, 2.45) is 0 Å². The molecule has 0 amide bonds. The number of aromatic nitrogens is 1. The third kappa shape index (κ3) is 1.20. The molecule has 0 unspecified atom stereocenters. The molecule has 0 radical (unpaired) electrons. The summed E-state index contributed by atoms with van der Waals surface area (Å²) in [5, 5.41) is 3.20. The first-order chi connectivity index (χ1) is 6.24. The molecule has 0 bridgehead atoms. The monoisotopic (exact) mass is 178 g/mol. The van der Waals surface area contributed by atoms with Crippen molar-refractivity contribution in [3.05, 3.63) is 32.7 Å².